The summed E-state index contributed by atoms with van der Waals surface area (Å²) in [5, 5.41) is 0.998. The number of para-hydroxylation sites is 1. The predicted octanol–water partition coefficient (Wildman–Crippen LogP) is 2.11. The van der Waals surface area contributed by atoms with Gasteiger partial charge in [0.15, 0.2) is 0 Å². The molecule has 0 spiro atoms. The van der Waals surface area contributed by atoms with Crippen LogP contribution in [0, 0.1) is 0 Å². The van der Waals surface area contributed by atoms with Gasteiger partial charge >= 0.3 is 0 Å². The third-order valence-electron chi connectivity index (χ3n) is 2.67. The minimum Gasteiger partial charge on any atom is -0.488 e. The number of hydrogen-bond donors (Lipinski definition) is 1. The topological polar surface area (TPSA) is 57.4 Å². The SMILES string of the molecule is COCC(C)Oc1cc(CN)nc2ccccc12. The molecular formula is C14H18N2O2. The van der Waals surface area contributed by atoms with Crippen molar-refractivity contribution in [2.75, 3.05) is 13.7 Å². The summed E-state index contributed by atoms with van der Waals surface area (Å²) in [6.07, 6.45) is -0.00793. The molecule has 0 amide bonds. The van der Waals surface area contributed by atoms with Gasteiger partial charge < -0.3 is 15.2 Å². The van der Waals surface area contributed by atoms with E-state index >= 15 is 0 Å². The Bertz CT molecular complexity index is 528. The molecule has 0 aliphatic heterocycles. The first kappa shape index (κ1) is 12.8. The van der Waals surface area contributed by atoms with Gasteiger partial charge in [0.05, 0.1) is 17.8 Å². The van der Waals surface area contributed by atoms with Crippen LogP contribution in [0.3, 0.4) is 0 Å². The van der Waals surface area contributed by atoms with E-state index in [1.165, 1.54) is 0 Å². The second-order valence-corrected chi connectivity index (χ2v) is 4.22. The molecule has 0 saturated heterocycles. The Kier molecular flexibility index (Phi) is 4.12. The quantitative estimate of drug-likeness (QED) is 0.877. The number of fused-ring (bicyclic) bond motifs is 1. The minimum absolute atomic E-state index is 0.00793. The molecule has 1 aromatic carbocycles. The van der Waals surface area contributed by atoms with Crippen molar-refractivity contribution in [1.29, 1.82) is 0 Å². The number of ether oxygens (including phenoxy) is 2. The van der Waals surface area contributed by atoms with Crippen molar-refractivity contribution < 1.29 is 9.47 Å². The average Bonchev–Trinajstić information content (AvgIpc) is 2.38. The van der Waals surface area contributed by atoms with Gasteiger partial charge in [-0.2, -0.15) is 0 Å². The molecule has 2 aromatic rings. The van der Waals surface area contributed by atoms with Crippen molar-refractivity contribution in [2.24, 2.45) is 5.73 Å². The molecule has 1 heterocycles. The number of rotatable bonds is 5. The third-order valence-corrected chi connectivity index (χ3v) is 2.67. The van der Waals surface area contributed by atoms with Crippen LogP contribution < -0.4 is 10.5 Å². The van der Waals surface area contributed by atoms with Crippen molar-refractivity contribution in [3.05, 3.63) is 36.0 Å². The van der Waals surface area contributed by atoms with Gasteiger partial charge in [0, 0.05) is 25.1 Å². The van der Waals surface area contributed by atoms with E-state index in [0.29, 0.717) is 13.2 Å². The van der Waals surface area contributed by atoms with Gasteiger partial charge in [-0.3, -0.25) is 4.98 Å². The molecule has 2 rings (SSSR count). The summed E-state index contributed by atoms with van der Waals surface area (Å²) in [6, 6.07) is 9.78. The molecule has 0 fully saturated rings. The Morgan fingerprint density at radius 3 is 2.83 bits per heavy atom. The van der Waals surface area contributed by atoms with Crippen LogP contribution in [-0.4, -0.2) is 24.8 Å². The van der Waals surface area contributed by atoms with Gasteiger partial charge in [-0.1, -0.05) is 12.1 Å². The van der Waals surface area contributed by atoms with Gasteiger partial charge in [0.2, 0.25) is 0 Å². The maximum absolute atomic E-state index is 5.89. The van der Waals surface area contributed by atoms with Gasteiger partial charge in [-0.25, -0.2) is 0 Å². The lowest BCUT2D eigenvalue weighted by Gasteiger charge is -2.16. The first-order valence-electron chi connectivity index (χ1n) is 5.99. The summed E-state index contributed by atoms with van der Waals surface area (Å²) in [4.78, 5) is 4.47. The van der Waals surface area contributed by atoms with Crippen molar-refractivity contribution in [3.8, 4) is 5.75 Å². The van der Waals surface area contributed by atoms with Crippen molar-refractivity contribution in [2.45, 2.75) is 19.6 Å². The number of benzene rings is 1. The predicted molar refractivity (Wildman–Crippen MR) is 71.6 cm³/mol. The van der Waals surface area contributed by atoms with Crippen LogP contribution in [0.5, 0.6) is 5.75 Å². The van der Waals surface area contributed by atoms with E-state index in [2.05, 4.69) is 4.98 Å². The molecule has 18 heavy (non-hydrogen) atoms. The van der Waals surface area contributed by atoms with Crippen molar-refractivity contribution >= 4 is 10.9 Å². The van der Waals surface area contributed by atoms with Crippen LogP contribution >= 0.6 is 0 Å². The van der Waals surface area contributed by atoms with Gasteiger partial charge in [-0.05, 0) is 19.1 Å². The summed E-state index contributed by atoms with van der Waals surface area (Å²) in [5.41, 5.74) is 7.39. The molecule has 0 aliphatic rings. The van der Waals surface area contributed by atoms with E-state index in [0.717, 1.165) is 22.3 Å². The summed E-state index contributed by atoms with van der Waals surface area (Å²) < 4.78 is 11.0. The molecule has 2 N–H and O–H groups in total. The zero-order valence-corrected chi connectivity index (χ0v) is 10.7. The largest absolute Gasteiger partial charge is 0.488 e. The van der Waals surface area contributed by atoms with E-state index < -0.39 is 0 Å². The second-order valence-electron chi connectivity index (χ2n) is 4.22. The second kappa shape index (κ2) is 5.80. The fraction of sp³-hybridized carbons (Fsp3) is 0.357. The number of nitrogens with two attached hydrogens (primary N) is 1. The van der Waals surface area contributed by atoms with E-state index in [1.807, 2.05) is 37.3 Å². The van der Waals surface area contributed by atoms with Crippen LogP contribution in [-0.2, 0) is 11.3 Å². The Balaban J connectivity index is 2.40. The van der Waals surface area contributed by atoms with Crippen molar-refractivity contribution in [1.82, 2.24) is 4.98 Å². The average molecular weight is 246 g/mol. The maximum Gasteiger partial charge on any atom is 0.131 e. The molecule has 1 aromatic heterocycles. The van der Waals surface area contributed by atoms with Crippen LogP contribution in [0.1, 0.15) is 12.6 Å². The fourth-order valence-corrected chi connectivity index (χ4v) is 1.88. The third kappa shape index (κ3) is 2.78. The lowest BCUT2D eigenvalue weighted by Crippen LogP contribution is -2.18. The zero-order chi connectivity index (χ0) is 13.0. The van der Waals surface area contributed by atoms with E-state index in [-0.39, 0.29) is 6.10 Å². The number of methoxy groups -OCH3 is 1. The monoisotopic (exact) mass is 246 g/mol. The normalized spacial score (nSPS) is 12.6. The molecule has 96 valence electrons. The first-order chi connectivity index (χ1) is 8.74. The zero-order valence-electron chi connectivity index (χ0n) is 10.7. The highest BCUT2D eigenvalue weighted by Gasteiger charge is 2.09. The fourth-order valence-electron chi connectivity index (χ4n) is 1.88. The van der Waals surface area contributed by atoms with Crippen molar-refractivity contribution in [3.63, 3.8) is 0 Å². The standard InChI is InChI=1S/C14H18N2O2/c1-10(9-17-2)18-14-7-11(8-15)16-13-6-4-3-5-12(13)14/h3-7,10H,8-9,15H2,1-2H3. The highest BCUT2D eigenvalue weighted by Crippen LogP contribution is 2.26. The lowest BCUT2D eigenvalue weighted by molar-refractivity contribution is 0.0930. The van der Waals surface area contributed by atoms with Crippen LogP contribution in [0.4, 0.5) is 0 Å². The van der Waals surface area contributed by atoms with E-state index in [1.54, 1.807) is 7.11 Å². The lowest BCUT2D eigenvalue weighted by atomic mass is 10.2. The highest BCUT2D eigenvalue weighted by molar-refractivity contribution is 5.85. The van der Waals surface area contributed by atoms with E-state index in [4.69, 9.17) is 15.2 Å². The number of nitrogens with zero attached hydrogens (tertiary/aromatic N) is 1. The summed E-state index contributed by atoms with van der Waals surface area (Å²) in [7, 11) is 1.66. The summed E-state index contributed by atoms with van der Waals surface area (Å²) in [5.74, 6) is 0.811. The highest BCUT2D eigenvalue weighted by atomic mass is 16.5. The van der Waals surface area contributed by atoms with Crippen LogP contribution in [0.25, 0.3) is 10.9 Å². The Labute approximate surface area is 107 Å². The molecule has 4 nitrogen and oxygen atoms in total. The van der Waals surface area contributed by atoms with Gasteiger partial charge in [0.1, 0.15) is 11.9 Å². The smallest absolute Gasteiger partial charge is 0.131 e. The van der Waals surface area contributed by atoms with E-state index in [9.17, 15) is 0 Å². The Morgan fingerprint density at radius 2 is 2.11 bits per heavy atom. The van der Waals surface area contributed by atoms with Crippen LogP contribution in [0.2, 0.25) is 0 Å². The molecule has 4 heteroatoms. The molecule has 0 bridgehead atoms. The number of hydrogen-bond acceptors (Lipinski definition) is 4. The summed E-state index contributed by atoms with van der Waals surface area (Å²) in [6.45, 7) is 2.93. The van der Waals surface area contributed by atoms with Gasteiger partial charge in [0.25, 0.3) is 0 Å². The first-order valence-corrected chi connectivity index (χ1v) is 5.99. The molecule has 0 aliphatic carbocycles. The van der Waals surface area contributed by atoms with Gasteiger partial charge in [-0.15, -0.1) is 0 Å². The molecular weight excluding hydrogens is 228 g/mol. The van der Waals surface area contributed by atoms with Crippen LogP contribution in [0.15, 0.2) is 30.3 Å². The minimum atomic E-state index is -0.00793. The Hall–Kier alpha value is -1.65. The number of pyridine rings is 1. The number of aromatic nitrogens is 1. The molecule has 1 unspecified atom stereocenters. The molecule has 0 saturated carbocycles. The Morgan fingerprint density at radius 1 is 1.33 bits per heavy atom. The molecule has 0 radical (unpaired) electrons. The molecule has 1 atom stereocenters. The summed E-state index contributed by atoms with van der Waals surface area (Å²) >= 11 is 0. The maximum atomic E-state index is 5.89.